The Bertz CT molecular complexity index is 383. The number of aromatic nitrogens is 3. The topological polar surface area (TPSA) is 81.6 Å². The second-order valence-electron chi connectivity index (χ2n) is 3.90. The fourth-order valence-corrected chi connectivity index (χ4v) is 1.51. The van der Waals surface area contributed by atoms with Crippen LogP contribution in [0.4, 0.5) is 11.9 Å². The lowest BCUT2D eigenvalue weighted by Crippen LogP contribution is -2.32. The van der Waals surface area contributed by atoms with E-state index in [2.05, 4.69) is 20.3 Å². The van der Waals surface area contributed by atoms with Crippen molar-refractivity contribution in [2.75, 3.05) is 64.4 Å². The number of hydrogen-bond donors (Lipinski definition) is 1. The molecule has 0 fully saturated rings. The van der Waals surface area contributed by atoms with E-state index in [1.165, 1.54) is 0 Å². The summed E-state index contributed by atoms with van der Waals surface area (Å²) in [5, 5.41) is 2.90. The number of anilines is 2. The molecule has 8 heteroatoms. The Morgan fingerprint density at radius 2 is 1.70 bits per heavy atom. The molecule has 1 heterocycles. The van der Waals surface area contributed by atoms with Crippen molar-refractivity contribution >= 4 is 11.9 Å². The van der Waals surface area contributed by atoms with Crippen LogP contribution in [-0.4, -0.2) is 69.1 Å². The van der Waals surface area contributed by atoms with E-state index in [4.69, 9.17) is 14.2 Å². The number of methoxy groups -OCH3 is 2. The van der Waals surface area contributed by atoms with Crippen molar-refractivity contribution in [3.63, 3.8) is 0 Å². The second-order valence-corrected chi connectivity index (χ2v) is 3.90. The first kappa shape index (κ1) is 16.4. The third kappa shape index (κ3) is 5.14. The highest BCUT2D eigenvalue weighted by Gasteiger charge is 2.13. The molecule has 0 radical (unpaired) electrons. The maximum absolute atomic E-state index is 5.36. The van der Waals surface area contributed by atoms with Gasteiger partial charge >= 0.3 is 6.01 Å². The normalized spacial score (nSPS) is 10.4. The zero-order valence-corrected chi connectivity index (χ0v) is 12.5. The van der Waals surface area contributed by atoms with Crippen molar-refractivity contribution in [1.29, 1.82) is 0 Å². The molecule has 0 aliphatic heterocycles. The highest BCUT2D eigenvalue weighted by atomic mass is 16.5. The van der Waals surface area contributed by atoms with Crippen LogP contribution in [0.1, 0.15) is 6.92 Å². The number of nitrogens with zero attached hydrogens (tertiary/aromatic N) is 4. The van der Waals surface area contributed by atoms with Gasteiger partial charge in [0.25, 0.3) is 0 Å². The molecule has 1 rings (SSSR count). The summed E-state index contributed by atoms with van der Waals surface area (Å²) in [6.07, 6.45) is 0. The first-order valence-electron chi connectivity index (χ1n) is 6.54. The number of nitrogens with one attached hydrogen (secondary N) is 1. The van der Waals surface area contributed by atoms with E-state index in [1.807, 2.05) is 11.8 Å². The van der Waals surface area contributed by atoms with Gasteiger partial charge in [0, 0.05) is 34.4 Å². The van der Waals surface area contributed by atoms with Crippen LogP contribution >= 0.6 is 0 Å². The molecule has 0 saturated carbocycles. The minimum Gasteiger partial charge on any atom is -0.464 e. The molecular formula is C12H23N5O3. The van der Waals surface area contributed by atoms with E-state index in [0.29, 0.717) is 50.8 Å². The van der Waals surface area contributed by atoms with Gasteiger partial charge in [-0.15, -0.1) is 0 Å². The standard InChI is InChI=1S/C12H23N5O3/c1-5-20-12-15-10(13-2)14-11(16-12)17(6-8-18-3)7-9-19-4/h5-9H2,1-4H3,(H,13,14,15,16). The fraction of sp³-hybridized carbons (Fsp3) is 0.750. The van der Waals surface area contributed by atoms with Crippen LogP contribution in [0.2, 0.25) is 0 Å². The van der Waals surface area contributed by atoms with Crippen molar-refractivity contribution in [1.82, 2.24) is 15.0 Å². The van der Waals surface area contributed by atoms with Gasteiger partial charge in [-0.2, -0.15) is 15.0 Å². The zero-order chi connectivity index (χ0) is 14.8. The van der Waals surface area contributed by atoms with E-state index in [-0.39, 0.29) is 0 Å². The van der Waals surface area contributed by atoms with Gasteiger partial charge in [0.2, 0.25) is 11.9 Å². The highest BCUT2D eigenvalue weighted by Crippen LogP contribution is 2.14. The van der Waals surface area contributed by atoms with Crippen LogP contribution in [0.15, 0.2) is 0 Å². The predicted octanol–water partition coefficient (Wildman–Crippen LogP) is 0.411. The van der Waals surface area contributed by atoms with E-state index >= 15 is 0 Å². The summed E-state index contributed by atoms with van der Waals surface area (Å²) in [7, 11) is 5.07. The highest BCUT2D eigenvalue weighted by molar-refractivity contribution is 5.38. The minimum absolute atomic E-state index is 0.307. The second kappa shape index (κ2) is 9.27. The average Bonchev–Trinajstić information content (AvgIpc) is 2.47. The molecule has 114 valence electrons. The lowest BCUT2D eigenvalue weighted by atomic mass is 10.5. The van der Waals surface area contributed by atoms with Crippen LogP contribution in [-0.2, 0) is 9.47 Å². The monoisotopic (exact) mass is 285 g/mol. The third-order valence-electron chi connectivity index (χ3n) is 2.51. The van der Waals surface area contributed by atoms with Crippen molar-refractivity contribution < 1.29 is 14.2 Å². The summed E-state index contributed by atoms with van der Waals surface area (Å²) in [5.74, 6) is 1.01. The summed E-state index contributed by atoms with van der Waals surface area (Å²) in [6.45, 7) is 4.87. The molecule has 0 atom stereocenters. The van der Waals surface area contributed by atoms with E-state index < -0.39 is 0 Å². The molecule has 1 aromatic rings. The molecule has 1 N–H and O–H groups in total. The molecule has 1 aromatic heterocycles. The maximum atomic E-state index is 5.36. The lowest BCUT2D eigenvalue weighted by molar-refractivity contribution is 0.189. The summed E-state index contributed by atoms with van der Waals surface area (Å²) < 4.78 is 15.6. The van der Waals surface area contributed by atoms with Crippen molar-refractivity contribution in [3.8, 4) is 6.01 Å². The quantitative estimate of drug-likeness (QED) is 0.662. The van der Waals surface area contributed by atoms with Gasteiger partial charge in [-0.05, 0) is 6.92 Å². The molecule has 0 saturated heterocycles. The molecule has 0 amide bonds. The first-order valence-corrected chi connectivity index (χ1v) is 6.54. The van der Waals surface area contributed by atoms with Gasteiger partial charge < -0.3 is 24.4 Å². The Hall–Kier alpha value is -1.67. The van der Waals surface area contributed by atoms with Crippen molar-refractivity contribution in [2.45, 2.75) is 6.92 Å². The smallest absolute Gasteiger partial charge is 0.323 e. The summed E-state index contributed by atoms with van der Waals surface area (Å²) in [6, 6.07) is 0.307. The molecule has 0 spiro atoms. The molecule has 20 heavy (non-hydrogen) atoms. The van der Waals surface area contributed by atoms with Crippen LogP contribution < -0.4 is 15.0 Å². The predicted molar refractivity (Wildman–Crippen MR) is 76.5 cm³/mol. The minimum atomic E-state index is 0.307. The Kier molecular flexibility index (Phi) is 7.59. The van der Waals surface area contributed by atoms with Gasteiger partial charge in [0.1, 0.15) is 0 Å². The summed E-state index contributed by atoms with van der Waals surface area (Å²) in [5.41, 5.74) is 0. The summed E-state index contributed by atoms with van der Waals surface area (Å²) >= 11 is 0. The maximum Gasteiger partial charge on any atom is 0.323 e. The van der Waals surface area contributed by atoms with Gasteiger partial charge in [-0.25, -0.2) is 0 Å². The van der Waals surface area contributed by atoms with Crippen LogP contribution in [0.25, 0.3) is 0 Å². The van der Waals surface area contributed by atoms with Gasteiger partial charge in [-0.3, -0.25) is 0 Å². The fourth-order valence-electron chi connectivity index (χ4n) is 1.51. The molecule has 0 aliphatic rings. The van der Waals surface area contributed by atoms with E-state index in [0.717, 1.165) is 0 Å². The average molecular weight is 285 g/mol. The van der Waals surface area contributed by atoms with Crippen molar-refractivity contribution in [2.24, 2.45) is 0 Å². The Labute approximate surface area is 119 Å². The van der Waals surface area contributed by atoms with Crippen LogP contribution in [0.3, 0.4) is 0 Å². The van der Waals surface area contributed by atoms with Gasteiger partial charge in [-0.1, -0.05) is 0 Å². The Morgan fingerprint density at radius 1 is 1.05 bits per heavy atom. The molecule has 0 aromatic carbocycles. The SMILES string of the molecule is CCOc1nc(NC)nc(N(CCOC)CCOC)n1. The molecule has 0 aliphatic carbocycles. The first-order chi connectivity index (χ1) is 9.74. The van der Waals surface area contributed by atoms with Gasteiger partial charge in [0.05, 0.1) is 19.8 Å². The molecule has 0 unspecified atom stereocenters. The van der Waals surface area contributed by atoms with E-state index in [1.54, 1.807) is 21.3 Å². The molecular weight excluding hydrogens is 262 g/mol. The van der Waals surface area contributed by atoms with Gasteiger partial charge in [0.15, 0.2) is 0 Å². The van der Waals surface area contributed by atoms with Crippen LogP contribution in [0, 0.1) is 0 Å². The number of rotatable bonds is 10. The lowest BCUT2D eigenvalue weighted by Gasteiger charge is -2.22. The Morgan fingerprint density at radius 3 is 2.20 bits per heavy atom. The third-order valence-corrected chi connectivity index (χ3v) is 2.51. The largest absolute Gasteiger partial charge is 0.464 e. The van der Waals surface area contributed by atoms with Crippen molar-refractivity contribution in [3.05, 3.63) is 0 Å². The van der Waals surface area contributed by atoms with Crippen LogP contribution in [0.5, 0.6) is 6.01 Å². The zero-order valence-electron chi connectivity index (χ0n) is 12.5. The van der Waals surface area contributed by atoms with E-state index in [9.17, 15) is 0 Å². The molecule has 8 nitrogen and oxygen atoms in total. The molecule has 0 bridgehead atoms. The number of ether oxygens (including phenoxy) is 3. The number of hydrogen-bond acceptors (Lipinski definition) is 8. The Balaban J connectivity index is 2.93. The summed E-state index contributed by atoms with van der Waals surface area (Å²) in [4.78, 5) is 14.8.